The summed E-state index contributed by atoms with van der Waals surface area (Å²) in [5, 5.41) is 3.34. The van der Waals surface area contributed by atoms with Crippen LogP contribution >= 0.6 is 0 Å². The highest BCUT2D eigenvalue weighted by Crippen LogP contribution is 2.36. The second-order valence-corrected chi connectivity index (χ2v) is 6.00. The Balaban J connectivity index is 1.79. The molecule has 0 bridgehead atoms. The van der Waals surface area contributed by atoms with E-state index in [1.807, 2.05) is 12.1 Å². The average molecular weight is 367 g/mol. The van der Waals surface area contributed by atoms with Gasteiger partial charge in [-0.15, -0.1) is 0 Å². The van der Waals surface area contributed by atoms with Gasteiger partial charge in [-0.2, -0.15) is 13.2 Å². The number of methoxy groups -OCH3 is 2. The van der Waals surface area contributed by atoms with Crippen LogP contribution in [0.25, 0.3) is 0 Å². The molecular weight excluding hydrogens is 347 g/mol. The number of halogens is 3. The van der Waals surface area contributed by atoms with E-state index in [4.69, 9.17) is 14.2 Å². The molecular formula is C19H20F3NO3. The summed E-state index contributed by atoms with van der Waals surface area (Å²) in [4.78, 5) is 0. The highest BCUT2D eigenvalue weighted by atomic mass is 19.4. The molecule has 1 aliphatic heterocycles. The zero-order valence-corrected chi connectivity index (χ0v) is 14.5. The molecule has 0 spiro atoms. The van der Waals surface area contributed by atoms with Crippen LogP contribution in [0, 0.1) is 0 Å². The number of fused-ring (bicyclic) bond motifs is 1. The second-order valence-electron chi connectivity index (χ2n) is 6.00. The fraction of sp³-hybridized carbons (Fsp3) is 0.368. The second kappa shape index (κ2) is 7.45. The Kier molecular flexibility index (Phi) is 5.27. The van der Waals surface area contributed by atoms with E-state index in [2.05, 4.69) is 5.32 Å². The van der Waals surface area contributed by atoms with Crippen molar-refractivity contribution in [3.05, 3.63) is 53.1 Å². The van der Waals surface area contributed by atoms with Crippen LogP contribution in [0.4, 0.5) is 13.2 Å². The van der Waals surface area contributed by atoms with E-state index >= 15 is 0 Å². The molecule has 1 atom stereocenters. The molecule has 1 N–H and O–H groups in total. The van der Waals surface area contributed by atoms with E-state index in [1.54, 1.807) is 14.2 Å². The summed E-state index contributed by atoms with van der Waals surface area (Å²) in [5.74, 6) is 1.46. The first kappa shape index (κ1) is 18.4. The molecule has 0 unspecified atom stereocenters. The van der Waals surface area contributed by atoms with Crippen molar-refractivity contribution in [3.8, 4) is 17.2 Å². The predicted molar refractivity (Wildman–Crippen MR) is 90.9 cm³/mol. The van der Waals surface area contributed by atoms with Crippen molar-refractivity contribution in [3.63, 3.8) is 0 Å². The Bertz CT molecular complexity index is 777. The molecule has 4 nitrogen and oxygen atoms in total. The molecule has 2 aromatic rings. The third kappa shape index (κ3) is 3.88. The molecule has 0 aromatic heterocycles. The van der Waals surface area contributed by atoms with Crippen LogP contribution in [-0.2, 0) is 12.6 Å². The number of hydrogen-bond donors (Lipinski definition) is 1. The van der Waals surface area contributed by atoms with Gasteiger partial charge >= 0.3 is 6.18 Å². The lowest BCUT2D eigenvalue weighted by Crippen LogP contribution is -2.33. The third-order valence-corrected chi connectivity index (χ3v) is 4.38. The molecule has 3 rings (SSSR count). The molecule has 1 heterocycles. The lowest BCUT2D eigenvalue weighted by molar-refractivity contribution is -0.137. The fourth-order valence-corrected chi connectivity index (χ4v) is 3.06. The number of ether oxygens (including phenoxy) is 3. The molecule has 26 heavy (non-hydrogen) atoms. The maximum absolute atomic E-state index is 12.8. The van der Waals surface area contributed by atoms with E-state index in [0.717, 1.165) is 36.2 Å². The molecule has 0 fully saturated rings. The van der Waals surface area contributed by atoms with E-state index in [-0.39, 0.29) is 18.4 Å². The van der Waals surface area contributed by atoms with Gasteiger partial charge in [0.2, 0.25) is 0 Å². The lowest BCUT2D eigenvalue weighted by atomic mass is 9.94. The van der Waals surface area contributed by atoms with Crippen LogP contribution in [0.2, 0.25) is 0 Å². The van der Waals surface area contributed by atoms with Crippen molar-refractivity contribution < 1.29 is 27.4 Å². The molecule has 2 aromatic carbocycles. The van der Waals surface area contributed by atoms with Crippen LogP contribution in [0.3, 0.4) is 0 Å². The van der Waals surface area contributed by atoms with Crippen LogP contribution in [0.1, 0.15) is 22.7 Å². The molecule has 0 radical (unpaired) electrons. The largest absolute Gasteiger partial charge is 0.493 e. The van der Waals surface area contributed by atoms with Crippen molar-refractivity contribution >= 4 is 0 Å². The maximum Gasteiger partial charge on any atom is 0.416 e. The van der Waals surface area contributed by atoms with Gasteiger partial charge in [-0.05, 0) is 54.4 Å². The van der Waals surface area contributed by atoms with Gasteiger partial charge in [0.1, 0.15) is 12.4 Å². The molecule has 0 aliphatic carbocycles. The maximum atomic E-state index is 12.8. The number of hydrogen-bond acceptors (Lipinski definition) is 4. The Morgan fingerprint density at radius 1 is 1.08 bits per heavy atom. The smallest absolute Gasteiger partial charge is 0.416 e. The monoisotopic (exact) mass is 367 g/mol. The highest BCUT2D eigenvalue weighted by molar-refractivity contribution is 5.49. The minimum absolute atomic E-state index is 0.145. The Morgan fingerprint density at radius 2 is 1.81 bits per heavy atom. The fourth-order valence-electron chi connectivity index (χ4n) is 3.06. The van der Waals surface area contributed by atoms with Gasteiger partial charge in [0.25, 0.3) is 0 Å². The van der Waals surface area contributed by atoms with Crippen LogP contribution in [-0.4, -0.2) is 27.4 Å². The number of rotatable bonds is 5. The standard InChI is InChI=1S/C19H20F3NO3/c1-24-17-8-12-6-7-23-16(15(12)10-18(17)25-2)11-26-14-5-3-4-13(9-14)19(20,21)22/h3-5,8-10,16,23H,6-7,11H2,1-2H3/t16-/m1/s1. The summed E-state index contributed by atoms with van der Waals surface area (Å²) < 4.78 is 54.8. The summed E-state index contributed by atoms with van der Waals surface area (Å²) in [6, 6.07) is 8.58. The van der Waals surface area contributed by atoms with Gasteiger partial charge in [-0.1, -0.05) is 6.07 Å². The summed E-state index contributed by atoms with van der Waals surface area (Å²) in [5.41, 5.74) is 1.39. The number of nitrogens with one attached hydrogen (secondary N) is 1. The van der Waals surface area contributed by atoms with E-state index in [1.165, 1.54) is 12.1 Å². The van der Waals surface area contributed by atoms with Crippen LogP contribution in [0.5, 0.6) is 17.2 Å². The summed E-state index contributed by atoms with van der Waals surface area (Å²) in [6.07, 6.45) is -3.56. The summed E-state index contributed by atoms with van der Waals surface area (Å²) in [6.45, 7) is 0.961. The Morgan fingerprint density at radius 3 is 2.50 bits per heavy atom. The first-order chi connectivity index (χ1) is 12.4. The first-order valence-electron chi connectivity index (χ1n) is 8.20. The van der Waals surface area contributed by atoms with Gasteiger partial charge in [-0.25, -0.2) is 0 Å². The van der Waals surface area contributed by atoms with Crippen molar-refractivity contribution in [2.75, 3.05) is 27.4 Å². The molecule has 7 heteroatoms. The summed E-state index contributed by atoms with van der Waals surface area (Å²) >= 11 is 0. The third-order valence-electron chi connectivity index (χ3n) is 4.38. The first-order valence-corrected chi connectivity index (χ1v) is 8.20. The highest BCUT2D eigenvalue weighted by Gasteiger charge is 2.31. The van der Waals surface area contributed by atoms with Gasteiger partial charge in [-0.3, -0.25) is 0 Å². The molecule has 1 aliphatic rings. The SMILES string of the molecule is COc1cc2c(cc1OC)[C@@H](COc1cccc(C(F)(F)F)c1)NCC2. The topological polar surface area (TPSA) is 39.7 Å². The van der Waals surface area contributed by atoms with Crippen molar-refractivity contribution in [2.45, 2.75) is 18.6 Å². The quantitative estimate of drug-likeness (QED) is 0.868. The zero-order chi connectivity index (χ0) is 18.7. The van der Waals surface area contributed by atoms with E-state index in [9.17, 15) is 13.2 Å². The Hall–Kier alpha value is -2.41. The number of alkyl halides is 3. The van der Waals surface area contributed by atoms with Gasteiger partial charge in [0, 0.05) is 0 Å². The minimum Gasteiger partial charge on any atom is -0.493 e. The van der Waals surface area contributed by atoms with Crippen molar-refractivity contribution in [1.82, 2.24) is 5.32 Å². The van der Waals surface area contributed by atoms with Crippen LogP contribution < -0.4 is 19.5 Å². The van der Waals surface area contributed by atoms with Crippen molar-refractivity contribution in [1.29, 1.82) is 0 Å². The lowest BCUT2D eigenvalue weighted by Gasteiger charge is -2.28. The van der Waals surface area contributed by atoms with Gasteiger partial charge in [0.15, 0.2) is 11.5 Å². The molecule has 0 saturated carbocycles. The summed E-state index contributed by atoms with van der Waals surface area (Å²) in [7, 11) is 3.15. The van der Waals surface area contributed by atoms with E-state index < -0.39 is 11.7 Å². The predicted octanol–water partition coefficient (Wildman–Crippen LogP) is 3.99. The Labute approximate surface area is 149 Å². The van der Waals surface area contributed by atoms with Crippen LogP contribution in [0.15, 0.2) is 36.4 Å². The van der Waals surface area contributed by atoms with E-state index in [0.29, 0.717) is 11.5 Å². The molecule has 0 amide bonds. The molecule has 140 valence electrons. The molecule has 0 saturated heterocycles. The minimum atomic E-state index is -4.39. The van der Waals surface area contributed by atoms with Gasteiger partial charge in [0.05, 0.1) is 25.8 Å². The normalized spacial score (nSPS) is 16.7. The van der Waals surface area contributed by atoms with Gasteiger partial charge < -0.3 is 19.5 Å². The average Bonchev–Trinajstić information content (AvgIpc) is 2.64. The van der Waals surface area contributed by atoms with Crippen molar-refractivity contribution in [2.24, 2.45) is 0 Å². The zero-order valence-electron chi connectivity index (χ0n) is 14.5. The number of benzene rings is 2.